The van der Waals surface area contributed by atoms with E-state index < -0.39 is 4.92 Å². The normalized spacial score (nSPS) is 10.3. The fourth-order valence-corrected chi connectivity index (χ4v) is 2.14. The van der Waals surface area contributed by atoms with Crippen LogP contribution in [-0.2, 0) is 6.54 Å². The van der Waals surface area contributed by atoms with Gasteiger partial charge in [-0.1, -0.05) is 30.3 Å². The van der Waals surface area contributed by atoms with Gasteiger partial charge < -0.3 is 11.1 Å². The van der Waals surface area contributed by atoms with Crippen LogP contribution in [0.2, 0.25) is 0 Å². The Morgan fingerprint density at radius 2 is 1.92 bits per heavy atom. The van der Waals surface area contributed by atoms with E-state index in [9.17, 15) is 10.1 Å². The Kier molecular flexibility index (Phi) is 4.28. The van der Waals surface area contributed by atoms with Gasteiger partial charge in [0.05, 0.1) is 4.92 Å². The number of hydrogen-bond acceptors (Lipinski definition) is 7. The van der Waals surface area contributed by atoms with Gasteiger partial charge in [0.1, 0.15) is 6.20 Å². The van der Waals surface area contributed by atoms with Crippen molar-refractivity contribution < 1.29 is 4.92 Å². The summed E-state index contributed by atoms with van der Waals surface area (Å²) in [4.78, 5) is 21.9. The van der Waals surface area contributed by atoms with Crippen LogP contribution in [0, 0.1) is 10.1 Å². The number of hydrogen-bond donors (Lipinski definition) is 2. The number of nitrogen functional groups attached to an aromatic ring is 1. The van der Waals surface area contributed by atoms with Gasteiger partial charge in [-0.05, 0) is 22.8 Å². The minimum atomic E-state index is -0.615. The monoisotopic (exact) mass is 322 g/mol. The number of nitrogens with one attached hydrogen (secondary N) is 1. The van der Waals surface area contributed by atoms with Gasteiger partial charge in [0.15, 0.2) is 0 Å². The SMILES string of the molecule is Nc1nc(NCc2ccc(-c3cccnc3)cc2)ncc1[N+](=O)[O-]. The summed E-state index contributed by atoms with van der Waals surface area (Å²) < 4.78 is 0. The van der Waals surface area contributed by atoms with E-state index in [2.05, 4.69) is 20.3 Å². The number of aromatic nitrogens is 3. The van der Waals surface area contributed by atoms with Crippen molar-refractivity contribution in [2.45, 2.75) is 6.54 Å². The smallest absolute Gasteiger partial charge is 0.329 e. The van der Waals surface area contributed by atoms with Crippen LogP contribution in [0.3, 0.4) is 0 Å². The van der Waals surface area contributed by atoms with Crippen molar-refractivity contribution in [3.63, 3.8) is 0 Å². The van der Waals surface area contributed by atoms with Crippen LogP contribution in [-0.4, -0.2) is 19.9 Å². The predicted molar refractivity (Wildman–Crippen MR) is 90.1 cm³/mol. The van der Waals surface area contributed by atoms with Crippen LogP contribution < -0.4 is 11.1 Å². The van der Waals surface area contributed by atoms with Gasteiger partial charge in [-0.25, -0.2) is 4.98 Å². The second-order valence-corrected chi connectivity index (χ2v) is 5.01. The molecule has 1 aromatic carbocycles. The Bertz CT molecular complexity index is 852. The largest absolute Gasteiger partial charge is 0.378 e. The molecule has 8 nitrogen and oxygen atoms in total. The Balaban J connectivity index is 1.67. The lowest BCUT2D eigenvalue weighted by Gasteiger charge is -2.07. The summed E-state index contributed by atoms with van der Waals surface area (Å²) in [7, 11) is 0. The summed E-state index contributed by atoms with van der Waals surface area (Å²) in [6.07, 6.45) is 4.63. The molecule has 24 heavy (non-hydrogen) atoms. The van der Waals surface area contributed by atoms with Crippen LogP contribution in [0.5, 0.6) is 0 Å². The first-order valence-electron chi connectivity index (χ1n) is 7.13. The van der Waals surface area contributed by atoms with E-state index in [1.165, 1.54) is 0 Å². The maximum Gasteiger partial charge on any atom is 0.329 e. The molecule has 2 aromatic heterocycles. The van der Waals surface area contributed by atoms with Gasteiger partial charge in [-0.2, -0.15) is 4.98 Å². The number of anilines is 2. The third kappa shape index (κ3) is 3.43. The lowest BCUT2D eigenvalue weighted by Crippen LogP contribution is -2.07. The van der Waals surface area contributed by atoms with Crippen molar-refractivity contribution in [1.29, 1.82) is 0 Å². The zero-order valence-electron chi connectivity index (χ0n) is 12.6. The topological polar surface area (TPSA) is 120 Å². The van der Waals surface area contributed by atoms with Gasteiger partial charge in [-0.15, -0.1) is 0 Å². The molecular formula is C16H14N6O2. The molecule has 0 radical (unpaired) electrons. The molecule has 0 unspecified atom stereocenters. The predicted octanol–water partition coefficient (Wildman–Crippen LogP) is 2.64. The number of nitrogens with two attached hydrogens (primary N) is 1. The summed E-state index contributed by atoms with van der Waals surface area (Å²) >= 11 is 0. The molecule has 0 aliphatic heterocycles. The lowest BCUT2D eigenvalue weighted by molar-refractivity contribution is -0.384. The molecule has 0 aliphatic rings. The van der Waals surface area contributed by atoms with Gasteiger partial charge in [0, 0.05) is 18.9 Å². The molecular weight excluding hydrogens is 308 g/mol. The third-order valence-corrected chi connectivity index (χ3v) is 3.39. The first-order chi connectivity index (χ1) is 11.6. The maximum absolute atomic E-state index is 10.7. The highest BCUT2D eigenvalue weighted by atomic mass is 16.6. The standard InChI is InChI=1S/C16H14N6O2/c17-15-14(22(23)24)10-20-16(21-15)19-8-11-3-5-12(6-4-11)13-2-1-7-18-9-13/h1-7,9-10H,8H2,(H3,17,19,20,21). The molecule has 3 rings (SSSR count). The second kappa shape index (κ2) is 6.69. The van der Waals surface area contributed by atoms with Crippen LogP contribution in [0.25, 0.3) is 11.1 Å². The molecule has 0 bridgehead atoms. The van der Waals surface area contributed by atoms with Gasteiger partial charge >= 0.3 is 5.69 Å². The average Bonchev–Trinajstić information content (AvgIpc) is 2.61. The van der Waals surface area contributed by atoms with Gasteiger partial charge in [0.25, 0.3) is 0 Å². The van der Waals surface area contributed by atoms with Crippen molar-refractivity contribution >= 4 is 17.5 Å². The molecule has 8 heteroatoms. The quantitative estimate of drug-likeness (QED) is 0.547. The minimum absolute atomic E-state index is 0.163. The first kappa shape index (κ1) is 15.3. The van der Waals surface area contributed by atoms with E-state index in [-0.39, 0.29) is 17.5 Å². The Morgan fingerprint density at radius 1 is 1.12 bits per heavy atom. The summed E-state index contributed by atoms with van der Waals surface area (Å²) in [6.45, 7) is 0.477. The van der Waals surface area contributed by atoms with Crippen LogP contribution in [0.1, 0.15) is 5.56 Å². The van der Waals surface area contributed by atoms with Crippen LogP contribution >= 0.6 is 0 Å². The van der Waals surface area contributed by atoms with Crippen LogP contribution in [0.4, 0.5) is 17.5 Å². The van der Waals surface area contributed by atoms with E-state index in [4.69, 9.17) is 5.73 Å². The number of rotatable bonds is 5. The van der Waals surface area contributed by atoms with Crippen molar-refractivity contribution in [2.75, 3.05) is 11.1 Å². The van der Waals surface area contributed by atoms with Crippen molar-refractivity contribution in [1.82, 2.24) is 15.0 Å². The second-order valence-electron chi connectivity index (χ2n) is 5.01. The number of pyridine rings is 1. The molecule has 0 spiro atoms. The Labute approximate surface area is 137 Å². The first-order valence-corrected chi connectivity index (χ1v) is 7.13. The van der Waals surface area contributed by atoms with Crippen LogP contribution in [0.15, 0.2) is 55.0 Å². The van der Waals surface area contributed by atoms with E-state index >= 15 is 0 Å². The van der Waals surface area contributed by atoms with Gasteiger partial charge in [0.2, 0.25) is 11.8 Å². The number of benzene rings is 1. The molecule has 2 heterocycles. The number of nitro groups is 1. The molecule has 3 N–H and O–H groups in total. The fourth-order valence-electron chi connectivity index (χ4n) is 2.14. The molecule has 0 atom stereocenters. The molecule has 3 aromatic rings. The molecule has 0 amide bonds. The van der Waals surface area contributed by atoms with E-state index in [1.54, 1.807) is 12.4 Å². The van der Waals surface area contributed by atoms with E-state index in [1.807, 2.05) is 36.4 Å². The van der Waals surface area contributed by atoms with Crippen molar-refractivity contribution in [3.8, 4) is 11.1 Å². The number of nitrogens with zero attached hydrogens (tertiary/aromatic N) is 4. The Morgan fingerprint density at radius 3 is 2.54 bits per heavy atom. The highest BCUT2D eigenvalue weighted by Gasteiger charge is 2.13. The molecule has 120 valence electrons. The summed E-state index contributed by atoms with van der Waals surface area (Å²) in [5.41, 5.74) is 8.37. The highest BCUT2D eigenvalue weighted by molar-refractivity contribution is 5.62. The Hall–Kier alpha value is -3.55. The minimum Gasteiger partial charge on any atom is -0.378 e. The van der Waals surface area contributed by atoms with Crippen molar-refractivity contribution in [3.05, 3.63) is 70.7 Å². The summed E-state index contributed by atoms with van der Waals surface area (Å²) in [5.74, 6) is 0.0823. The van der Waals surface area contributed by atoms with E-state index in [0.29, 0.717) is 6.54 Å². The lowest BCUT2D eigenvalue weighted by atomic mass is 10.1. The zero-order valence-corrected chi connectivity index (χ0v) is 12.6. The zero-order chi connectivity index (χ0) is 16.9. The molecule has 0 saturated carbocycles. The average molecular weight is 322 g/mol. The van der Waals surface area contributed by atoms with Gasteiger partial charge in [-0.3, -0.25) is 15.1 Å². The summed E-state index contributed by atoms with van der Waals surface area (Å²) in [5, 5.41) is 13.7. The maximum atomic E-state index is 10.7. The van der Waals surface area contributed by atoms with Crippen molar-refractivity contribution in [2.24, 2.45) is 0 Å². The molecule has 0 aliphatic carbocycles. The highest BCUT2D eigenvalue weighted by Crippen LogP contribution is 2.20. The third-order valence-electron chi connectivity index (χ3n) is 3.39. The summed E-state index contributed by atoms with van der Waals surface area (Å²) in [6, 6.07) is 11.8. The van der Waals surface area contributed by atoms with E-state index in [0.717, 1.165) is 22.9 Å². The molecule has 0 saturated heterocycles. The molecule has 0 fully saturated rings. The fraction of sp³-hybridized carbons (Fsp3) is 0.0625.